The first-order chi connectivity index (χ1) is 9.72. The highest BCUT2D eigenvalue weighted by Crippen LogP contribution is 2.23. The summed E-state index contributed by atoms with van der Waals surface area (Å²) >= 11 is 3.49. The zero-order valence-electron chi connectivity index (χ0n) is 10.7. The molecular formula is C16H13BrN2O. The van der Waals surface area contributed by atoms with E-state index in [1.807, 2.05) is 48.5 Å². The van der Waals surface area contributed by atoms with E-state index in [1.54, 1.807) is 6.20 Å². The summed E-state index contributed by atoms with van der Waals surface area (Å²) in [6.45, 7) is 0.485. The van der Waals surface area contributed by atoms with E-state index >= 15 is 0 Å². The third kappa shape index (κ3) is 2.75. The zero-order chi connectivity index (χ0) is 13.9. The van der Waals surface area contributed by atoms with Crippen LogP contribution in [0.2, 0.25) is 0 Å². The molecule has 100 valence electrons. The lowest BCUT2D eigenvalue weighted by atomic mass is 10.2. The Morgan fingerprint density at radius 1 is 1.10 bits per heavy atom. The van der Waals surface area contributed by atoms with Gasteiger partial charge in [0.1, 0.15) is 12.4 Å². The monoisotopic (exact) mass is 328 g/mol. The van der Waals surface area contributed by atoms with E-state index in [2.05, 4.69) is 20.9 Å². The third-order valence-electron chi connectivity index (χ3n) is 3.05. The highest BCUT2D eigenvalue weighted by molar-refractivity contribution is 9.10. The maximum atomic E-state index is 5.81. The largest absolute Gasteiger partial charge is 0.489 e. The SMILES string of the molecule is Nc1ccc(COc2ccc3cccnc3c2)c(Br)c1. The van der Waals surface area contributed by atoms with Gasteiger partial charge in [0.15, 0.2) is 0 Å². The van der Waals surface area contributed by atoms with Crippen LogP contribution in [0.1, 0.15) is 5.56 Å². The number of anilines is 1. The fourth-order valence-corrected chi connectivity index (χ4v) is 2.49. The zero-order valence-corrected chi connectivity index (χ0v) is 12.3. The number of benzene rings is 2. The summed E-state index contributed by atoms with van der Waals surface area (Å²) in [5.41, 5.74) is 8.44. The van der Waals surface area contributed by atoms with Crippen molar-refractivity contribution in [1.82, 2.24) is 4.98 Å². The van der Waals surface area contributed by atoms with Gasteiger partial charge >= 0.3 is 0 Å². The molecule has 0 radical (unpaired) electrons. The Labute approximate surface area is 125 Å². The van der Waals surface area contributed by atoms with Gasteiger partial charge in [-0.2, -0.15) is 0 Å². The maximum Gasteiger partial charge on any atom is 0.122 e. The van der Waals surface area contributed by atoms with Crippen LogP contribution >= 0.6 is 15.9 Å². The molecule has 0 aliphatic rings. The molecule has 0 saturated heterocycles. The minimum absolute atomic E-state index is 0.485. The van der Waals surface area contributed by atoms with Gasteiger partial charge in [-0.1, -0.05) is 28.1 Å². The molecule has 1 aromatic heterocycles. The van der Waals surface area contributed by atoms with Gasteiger partial charge in [0.2, 0.25) is 0 Å². The van der Waals surface area contributed by atoms with Crippen molar-refractivity contribution in [2.24, 2.45) is 0 Å². The van der Waals surface area contributed by atoms with Gasteiger partial charge in [0, 0.05) is 33.4 Å². The molecule has 0 aliphatic heterocycles. The molecule has 0 atom stereocenters. The predicted octanol–water partition coefficient (Wildman–Crippen LogP) is 4.16. The molecule has 20 heavy (non-hydrogen) atoms. The number of hydrogen-bond acceptors (Lipinski definition) is 3. The molecule has 4 heteroatoms. The van der Waals surface area contributed by atoms with Crippen molar-refractivity contribution in [2.45, 2.75) is 6.61 Å². The van der Waals surface area contributed by atoms with Crippen molar-refractivity contribution in [3.05, 3.63) is 64.8 Å². The van der Waals surface area contributed by atoms with Crippen LogP contribution in [0.4, 0.5) is 5.69 Å². The Balaban J connectivity index is 1.79. The number of pyridine rings is 1. The number of nitrogen functional groups attached to an aromatic ring is 1. The minimum atomic E-state index is 0.485. The second kappa shape index (κ2) is 5.51. The van der Waals surface area contributed by atoms with Gasteiger partial charge in [-0.25, -0.2) is 0 Å². The Bertz CT molecular complexity index is 758. The normalized spacial score (nSPS) is 10.7. The molecule has 0 aliphatic carbocycles. The fourth-order valence-electron chi connectivity index (χ4n) is 1.98. The van der Waals surface area contributed by atoms with Gasteiger partial charge in [-0.3, -0.25) is 4.98 Å². The molecule has 0 fully saturated rings. The summed E-state index contributed by atoms with van der Waals surface area (Å²) in [5.74, 6) is 0.805. The molecule has 0 bridgehead atoms. The van der Waals surface area contributed by atoms with Crippen LogP contribution in [0.5, 0.6) is 5.75 Å². The van der Waals surface area contributed by atoms with Crippen LogP contribution < -0.4 is 10.5 Å². The number of nitrogens with zero attached hydrogens (tertiary/aromatic N) is 1. The number of hydrogen-bond donors (Lipinski definition) is 1. The summed E-state index contributed by atoms with van der Waals surface area (Å²) in [6.07, 6.45) is 1.78. The number of ether oxygens (including phenoxy) is 1. The van der Waals surface area contributed by atoms with E-state index in [1.165, 1.54) is 0 Å². The minimum Gasteiger partial charge on any atom is -0.489 e. The summed E-state index contributed by atoms with van der Waals surface area (Å²) in [5, 5.41) is 1.11. The van der Waals surface area contributed by atoms with Crippen molar-refractivity contribution in [2.75, 3.05) is 5.73 Å². The highest BCUT2D eigenvalue weighted by Gasteiger charge is 2.03. The van der Waals surface area contributed by atoms with Gasteiger partial charge in [0.25, 0.3) is 0 Å². The topological polar surface area (TPSA) is 48.1 Å². The van der Waals surface area contributed by atoms with Gasteiger partial charge in [-0.15, -0.1) is 0 Å². The van der Waals surface area contributed by atoms with E-state index in [0.29, 0.717) is 6.61 Å². The average Bonchev–Trinajstić information content (AvgIpc) is 2.46. The second-order valence-corrected chi connectivity index (χ2v) is 5.35. The highest BCUT2D eigenvalue weighted by atomic mass is 79.9. The lowest BCUT2D eigenvalue weighted by Gasteiger charge is -2.09. The summed E-state index contributed by atoms with van der Waals surface area (Å²) in [7, 11) is 0. The van der Waals surface area contributed by atoms with E-state index in [0.717, 1.165) is 32.4 Å². The van der Waals surface area contributed by atoms with Crippen molar-refractivity contribution in [3.63, 3.8) is 0 Å². The third-order valence-corrected chi connectivity index (χ3v) is 3.79. The molecular weight excluding hydrogens is 316 g/mol. The van der Waals surface area contributed by atoms with Gasteiger partial charge in [-0.05, 0) is 30.3 Å². The second-order valence-electron chi connectivity index (χ2n) is 4.50. The molecule has 0 spiro atoms. The van der Waals surface area contributed by atoms with E-state index < -0.39 is 0 Å². The van der Waals surface area contributed by atoms with Crippen LogP contribution in [-0.4, -0.2) is 4.98 Å². The Morgan fingerprint density at radius 3 is 2.85 bits per heavy atom. The Kier molecular flexibility index (Phi) is 3.56. The lowest BCUT2D eigenvalue weighted by molar-refractivity contribution is 0.306. The number of aromatic nitrogens is 1. The van der Waals surface area contributed by atoms with Crippen molar-refractivity contribution < 1.29 is 4.74 Å². The number of halogens is 1. The van der Waals surface area contributed by atoms with Gasteiger partial charge < -0.3 is 10.5 Å². The molecule has 0 amide bonds. The van der Waals surface area contributed by atoms with Crippen molar-refractivity contribution in [1.29, 1.82) is 0 Å². The van der Waals surface area contributed by atoms with E-state index in [9.17, 15) is 0 Å². The van der Waals surface area contributed by atoms with E-state index in [4.69, 9.17) is 10.5 Å². The first-order valence-electron chi connectivity index (χ1n) is 6.24. The standard InChI is InChI=1S/C16H13BrN2O/c17-15-8-13(18)5-3-12(15)10-20-14-6-4-11-2-1-7-19-16(11)9-14/h1-9H,10,18H2. The molecule has 3 aromatic rings. The molecule has 1 heterocycles. The van der Waals surface area contributed by atoms with Crippen molar-refractivity contribution >= 4 is 32.5 Å². The average molecular weight is 329 g/mol. The van der Waals surface area contributed by atoms with E-state index in [-0.39, 0.29) is 0 Å². The summed E-state index contributed by atoms with van der Waals surface area (Å²) in [4.78, 5) is 4.32. The molecule has 0 saturated carbocycles. The van der Waals surface area contributed by atoms with Crippen LogP contribution in [0.15, 0.2) is 59.2 Å². The maximum absolute atomic E-state index is 5.81. The van der Waals surface area contributed by atoms with Crippen LogP contribution in [0.3, 0.4) is 0 Å². The van der Waals surface area contributed by atoms with Crippen LogP contribution in [0, 0.1) is 0 Å². The molecule has 3 rings (SSSR count). The number of nitrogens with two attached hydrogens (primary N) is 1. The summed E-state index contributed by atoms with van der Waals surface area (Å²) < 4.78 is 6.77. The molecule has 0 unspecified atom stereocenters. The van der Waals surface area contributed by atoms with Crippen LogP contribution in [-0.2, 0) is 6.61 Å². The Hall–Kier alpha value is -2.07. The smallest absolute Gasteiger partial charge is 0.122 e. The molecule has 2 aromatic carbocycles. The molecule has 3 nitrogen and oxygen atoms in total. The number of rotatable bonds is 3. The fraction of sp³-hybridized carbons (Fsp3) is 0.0625. The van der Waals surface area contributed by atoms with Gasteiger partial charge in [0.05, 0.1) is 5.52 Å². The Morgan fingerprint density at radius 2 is 2.00 bits per heavy atom. The van der Waals surface area contributed by atoms with Crippen molar-refractivity contribution in [3.8, 4) is 5.75 Å². The molecule has 2 N–H and O–H groups in total. The summed E-state index contributed by atoms with van der Waals surface area (Å²) in [6, 6.07) is 15.6. The quantitative estimate of drug-likeness (QED) is 0.734. The van der Waals surface area contributed by atoms with Crippen LogP contribution in [0.25, 0.3) is 10.9 Å². The number of fused-ring (bicyclic) bond motifs is 1. The lowest BCUT2D eigenvalue weighted by Crippen LogP contribution is -1.97. The predicted molar refractivity (Wildman–Crippen MR) is 84.6 cm³/mol. The first kappa shape index (κ1) is 12.9. The first-order valence-corrected chi connectivity index (χ1v) is 7.03.